The largest absolute Gasteiger partial charge is 0.416 e. The van der Waals surface area contributed by atoms with E-state index in [1.807, 2.05) is 6.92 Å². The number of halogens is 4. The van der Waals surface area contributed by atoms with Gasteiger partial charge in [0.1, 0.15) is 12.4 Å². The minimum atomic E-state index is -4.60. The number of fused-ring (bicyclic) bond motifs is 1. The standard InChI is InChI=1S/C21H24F4N2O4/c1-12-19(30-10-13-2-3-15(7-17(13)22)21(23,24)25)9-27(12)20(29)26-5-4-18-14(8-26)6-16(28)11-31-18/h2-3,7,12,14,18-19H,4-6,8-11H2,1H3/t12?,14-,18+,19?/m1/s1. The quantitative estimate of drug-likeness (QED) is 0.672. The number of likely N-dealkylation sites (tertiary alicyclic amines) is 2. The van der Waals surface area contributed by atoms with Crippen LogP contribution in [0.3, 0.4) is 0 Å². The van der Waals surface area contributed by atoms with Crippen LogP contribution in [0.5, 0.6) is 0 Å². The predicted molar refractivity (Wildman–Crippen MR) is 101 cm³/mol. The van der Waals surface area contributed by atoms with Crippen molar-refractivity contribution in [1.29, 1.82) is 0 Å². The van der Waals surface area contributed by atoms with Gasteiger partial charge in [0, 0.05) is 31.0 Å². The summed E-state index contributed by atoms with van der Waals surface area (Å²) < 4.78 is 63.1. The van der Waals surface area contributed by atoms with E-state index >= 15 is 0 Å². The number of alkyl halides is 3. The monoisotopic (exact) mass is 444 g/mol. The van der Waals surface area contributed by atoms with Crippen LogP contribution in [0.15, 0.2) is 18.2 Å². The molecule has 3 heterocycles. The number of ketones is 1. The van der Waals surface area contributed by atoms with Gasteiger partial charge in [0.15, 0.2) is 5.78 Å². The maximum Gasteiger partial charge on any atom is 0.416 e. The van der Waals surface area contributed by atoms with Crippen molar-refractivity contribution >= 4 is 11.8 Å². The number of Topliss-reactive ketones (excluding diaryl/α,β-unsaturated/α-hetero) is 1. The molecule has 3 fully saturated rings. The summed E-state index contributed by atoms with van der Waals surface area (Å²) >= 11 is 0. The molecule has 3 saturated heterocycles. The van der Waals surface area contributed by atoms with E-state index in [0.717, 1.165) is 12.1 Å². The smallest absolute Gasteiger partial charge is 0.370 e. The highest BCUT2D eigenvalue weighted by Crippen LogP contribution is 2.32. The first-order valence-electron chi connectivity index (χ1n) is 10.3. The average molecular weight is 444 g/mol. The zero-order valence-corrected chi connectivity index (χ0v) is 17.0. The summed E-state index contributed by atoms with van der Waals surface area (Å²) in [5, 5.41) is 0. The predicted octanol–water partition coefficient (Wildman–Crippen LogP) is 3.23. The van der Waals surface area contributed by atoms with E-state index in [0.29, 0.717) is 38.5 Å². The van der Waals surface area contributed by atoms with E-state index in [2.05, 4.69) is 0 Å². The number of carbonyl (C=O) groups excluding carboxylic acids is 2. The maximum absolute atomic E-state index is 14.0. The Bertz CT molecular complexity index is 862. The topological polar surface area (TPSA) is 59.1 Å². The Kier molecular flexibility index (Phi) is 5.95. The Morgan fingerprint density at radius 3 is 2.74 bits per heavy atom. The third-order valence-corrected chi connectivity index (χ3v) is 6.37. The lowest BCUT2D eigenvalue weighted by Crippen LogP contribution is -2.65. The van der Waals surface area contributed by atoms with Crippen molar-refractivity contribution < 1.29 is 36.6 Å². The van der Waals surface area contributed by atoms with Gasteiger partial charge in [0.25, 0.3) is 0 Å². The van der Waals surface area contributed by atoms with Crippen LogP contribution in [0.2, 0.25) is 0 Å². The molecule has 3 aliphatic heterocycles. The summed E-state index contributed by atoms with van der Waals surface area (Å²) in [4.78, 5) is 27.9. The molecule has 0 spiro atoms. The van der Waals surface area contributed by atoms with Gasteiger partial charge >= 0.3 is 12.2 Å². The highest BCUT2D eigenvalue weighted by atomic mass is 19.4. The fraction of sp³-hybridized carbons (Fsp3) is 0.619. The molecule has 1 aromatic carbocycles. The number of urea groups is 1. The van der Waals surface area contributed by atoms with Crippen LogP contribution in [0.1, 0.15) is 30.9 Å². The van der Waals surface area contributed by atoms with Gasteiger partial charge in [-0.1, -0.05) is 6.07 Å². The van der Waals surface area contributed by atoms with Crippen molar-refractivity contribution in [1.82, 2.24) is 9.80 Å². The lowest BCUT2D eigenvalue weighted by molar-refractivity contribution is -0.140. The average Bonchev–Trinajstić information content (AvgIpc) is 2.72. The molecule has 4 rings (SSSR count). The highest BCUT2D eigenvalue weighted by Gasteiger charge is 2.44. The van der Waals surface area contributed by atoms with Gasteiger partial charge in [-0.05, 0) is 25.5 Å². The van der Waals surface area contributed by atoms with E-state index in [-0.39, 0.29) is 54.8 Å². The SMILES string of the molecule is CC1C(OCc2ccc(C(F)(F)F)cc2F)CN1C(=O)N1CC[C@@H]2OCC(=O)C[C@@H]2C1. The molecule has 0 aromatic heterocycles. The second kappa shape index (κ2) is 8.38. The number of amides is 2. The Morgan fingerprint density at radius 2 is 2.06 bits per heavy atom. The molecule has 0 radical (unpaired) electrons. The molecule has 31 heavy (non-hydrogen) atoms. The van der Waals surface area contributed by atoms with Gasteiger partial charge in [0.2, 0.25) is 0 Å². The summed E-state index contributed by atoms with van der Waals surface area (Å²) in [6.07, 6.45) is -3.80. The Balaban J connectivity index is 1.28. The Hall–Kier alpha value is -2.20. The highest BCUT2D eigenvalue weighted by molar-refractivity contribution is 5.81. The Labute approximate surface area is 177 Å². The molecule has 0 saturated carbocycles. The van der Waals surface area contributed by atoms with Gasteiger partial charge in [-0.3, -0.25) is 4.79 Å². The number of nitrogens with zero attached hydrogens (tertiary/aromatic N) is 2. The molecule has 170 valence electrons. The molecule has 1 aromatic rings. The van der Waals surface area contributed by atoms with Gasteiger partial charge in [-0.15, -0.1) is 0 Å². The molecule has 2 amide bonds. The van der Waals surface area contributed by atoms with Crippen LogP contribution in [0, 0.1) is 11.7 Å². The van der Waals surface area contributed by atoms with Crippen LogP contribution in [-0.4, -0.2) is 66.1 Å². The number of rotatable bonds is 3. The molecule has 0 N–H and O–H groups in total. The maximum atomic E-state index is 14.0. The van der Waals surface area contributed by atoms with E-state index < -0.39 is 17.6 Å². The fourth-order valence-electron chi connectivity index (χ4n) is 4.39. The van der Waals surface area contributed by atoms with Crippen molar-refractivity contribution in [2.75, 3.05) is 26.2 Å². The van der Waals surface area contributed by atoms with Gasteiger partial charge in [-0.2, -0.15) is 13.2 Å². The molecule has 2 unspecified atom stereocenters. The molecule has 6 nitrogen and oxygen atoms in total. The Morgan fingerprint density at radius 1 is 1.29 bits per heavy atom. The molecular formula is C21H24F4N2O4. The first-order chi connectivity index (χ1) is 14.6. The van der Waals surface area contributed by atoms with E-state index in [1.165, 1.54) is 0 Å². The van der Waals surface area contributed by atoms with Crippen LogP contribution in [-0.2, 0) is 27.1 Å². The summed E-state index contributed by atoms with van der Waals surface area (Å²) in [6, 6.07) is 1.98. The third-order valence-electron chi connectivity index (χ3n) is 6.37. The second-order valence-electron chi connectivity index (χ2n) is 8.42. The van der Waals surface area contributed by atoms with Crippen molar-refractivity contribution in [3.63, 3.8) is 0 Å². The number of ether oxygens (including phenoxy) is 2. The number of hydrogen-bond acceptors (Lipinski definition) is 4. The van der Waals surface area contributed by atoms with Crippen molar-refractivity contribution in [3.05, 3.63) is 35.1 Å². The van der Waals surface area contributed by atoms with Crippen molar-refractivity contribution in [2.45, 2.75) is 50.8 Å². The lowest BCUT2D eigenvalue weighted by Gasteiger charge is -2.49. The summed E-state index contributed by atoms with van der Waals surface area (Å²) in [5.74, 6) is -0.899. The van der Waals surface area contributed by atoms with Crippen molar-refractivity contribution in [3.8, 4) is 0 Å². The number of hydrogen-bond donors (Lipinski definition) is 0. The van der Waals surface area contributed by atoms with Gasteiger partial charge < -0.3 is 19.3 Å². The molecular weight excluding hydrogens is 420 g/mol. The van der Waals surface area contributed by atoms with Crippen LogP contribution in [0.4, 0.5) is 22.4 Å². The normalized spacial score (nSPS) is 28.9. The van der Waals surface area contributed by atoms with Gasteiger partial charge in [-0.25, -0.2) is 9.18 Å². The molecule has 0 bridgehead atoms. The van der Waals surface area contributed by atoms with Gasteiger partial charge in [0.05, 0.1) is 37.0 Å². The van der Waals surface area contributed by atoms with E-state index in [4.69, 9.17) is 9.47 Å². The van der Waals surface area contributed by atoms with Crippen molar-refractivity contribution in [2.24, 2.45) is 5.92 Å². The zero-order chi connectivity index (χ0) is 22.3. The summed E-state index contributed by atoms with van der Waals surface area (Å²) in [7, 11) is 0. The first-order valence-corrected chi connectivity index (χ1v) is 10.3. The zero-order valence-electron chi connectivity index (χ0n) is 17.0. The fourth-order valence-corrected chi connectivity index (χ4v) is 4.39. The molecule has 4 atom stereocenters. The summed E-state index contributed by atoms with van der Waals surface area (Å²) in [5.41, 5.74) is -1.01. The van der Waals surface area contributed by atoms with E-state index in [1.54, 1.807) is 9.80 Å². The number of carbonyl (C=O) groups is 2. The van der Waals surface area contributed by atoms with E-state index in [9.17, 15) is 27.2 Å². The number of benzene rings is 1. The third kappa shape index (κ3) is 4.55. The number of piperidine rings is 1. The minimum absolute atomic E-state index is 0.0187. The molecule has 3 aliphatic rings. The molecule has 0 aliphatic carbocycles. The lowest BCUT2D eigenvalue weighted by atomic mass is 9.88. The van der Waals surface area contributed by atoms with Crippen LogP contribution < -0.4 is 0 Å². The first kappa shape index (κ1) is 22.0. The second-order valence-corrected chi connectivity index (χ2v) is 8.42. The summed E-state index contributed by atoms with van der Waals surface area (Å²) in [6.45, 7) is 3.14. The molecule has 10 heteroatoms. The van der Waals surface area contributed by atoms with Crippen LogP contribution >= 0.6 is 0 Å². The van der Waals surface area contributed by atoms with Crippen LogP contribution in [0.25, 0.3) is 0 Å². The minimum Gasteiger partial charge on any atom is -0.370 e.